The standard InChI is InChI=1S/C14H27N3O2/c1-5-17(11-6-7-11)13(19)10-15-9-8-12(18)16-14(2,3)4/h11,15H,5-10H2,1-4H3,(H,16,18). The van der Waals surface area contributed by atoms with Crippen molar-refractivity contribution < 1.29 is 9.59 Å². The SMILES string of the molecule is CCN(C(=O)CNCCC(=O)NC(C)(C)C)C1CC1. The summed E-state index contributed by atoms with van der Waals surface area (Å²) in [6.45, 7) is 9.51. The lowest BCUT2D eigenvalue weighted by Crippen LogP contribution is -2.43. The van der Waals surface area contributed by atoms with Gasteiger partial charge in [0.1, 0.15) is 0 Å². The molecule has 1 aliphatic carbocycles. The number of carbonyl (C=O) groups is 2. The first kappa shape index (κ1) is 16.0. The first-order valence-electron chi connectivity index (χ1n) is 7.14. The second kappa shape index (κ2) is 6.89. The molecule has 0 atom stereocenters. The highest BCUT2D eigenvalue weighted by atomic mass is 16.2. The van der Waals surface area contributed by atoms with Gasteiger partial charge < -0.3 is 15.5 Å². The highest BCUT2D eigenvalue weighted by Gasteiger charge is 2.30. The predicted octanol–water partition coefficient (Wildman–Crippen LogP) is 0.892. The molecule has 0 bridgehead atoms. The molecule has 5 nitrogen and oxygen atoms in total. The fraction of sp³-hybridized carbons (Fsp3) is 0.857. The Morgan fingerprint density at radius 2 is 1.89 bits per heavy atom. The van der Waals surface area contributed by atoms with Crippen LogP contribution in [-0.4, -0.2) is 47.9 Å². The molecule has 2 N–H and O–H groups in total. The monoisotopic (exact) mass is 269 g/mol. The fourth-order valence-electron chi connectivity index (χ4n) is 2.00. The molecule has 5 heteroatoms. The van der Waals surface area contributed by atoms with Crippen LogP contribution < -0.4 is 10.6 Å². The minimum Gasteiger partial charge on any atom is -0.351 e. The van der Waals surface area contributed by atoms with E-state index in [1.807, 2.05) is 32.6 Å². The van der Waals surface area contributed by atoms with Crippen LogP contribution in [0, 0.1) is 0 Å². The summed E-state index contributed by atoms with van der Waals surface area (Å²) in [5.41, 5.74) is -0.197. The second-order valence-electron chi connectivity index (χ2n) is 6.14. The maximum Gasteiger partial charge on any atom is 0.236 e. The average Bonchev–Trinajstić information content (AvgIpc) is 3.07. The molecule has 1 aliphatic rings. The molecule has 0 saturated heterocycles. The Labute approximate surface area is 116 Å². The van der Waals surface area contributed by atoms with Gasteiger partial charge in [0.15, 0.2) is 0 Å². The number of nitrogens with one attached hydrogen (secondary N) is 2. The minimum absolute atomic E-state index is 0.0157. The summed E-state index contributed by atoms with van der Waals surface area (Å²) in [7, 11) is 0. The van der Waals surface area contributed by atoms with Gasteiger partial charge in [-0.15, -0.1) is 0 Å². The van der Waals surface area contributed by atoms with E-state index in [-0.39, 0.29) is 17.4 Å². The number of amides is 2. The quantitative estimate of drug-likeness (QED) is 0.675. The summed E-state index contributed by atoms with van der Waals surface area (Å²) < 4.78 is 0. The summed E-state index contributed by atoms with van der Waals surface area (Å²) in [4.78, 5) is 25.4. The summed E-state index contributed by atoms with van der Waals surface area (Å²) in [6, 6.07) is 0.462. The van der Waals surface area contributed by atoms with Gasteiger partial charge in [-0.05, 0) is 40.5 Å². The van der Waals surface area contributed by atoms with Crippen molar-refractivity contribution >= 4 is 11.8 Å². The molecule has 0 spiro atoms. The van der Waals surface area contributed by atoms with E-state index in [2.05, 4.69) is 10.6 Å². The molecule has 0 aromatic rings. The van der Waals surface area contributed by atoms with Crippen LogP contribution in [0.3, 0.4) is 0 Å². The van der Waals surface area contributed by atoms with Gasteiger partial charge in [-0.1, -0.05) is 0 Å². The summed E-state index contributed by atoms with van der Waals surface area (Å²) >= 11 is 0. The molecule has 0 aliphatic heterocycles. The highest BCUT2D eigenvalue weighted by molar-refractivity contribution is 5.79. The zero-order chi connectivity index (χ0) is 14.5. The predicted molar refractivity (Wildman–Crippen MR) is 75.8 cm³/mol. The summed E-state index contributed by atoms with van der Waals surface area (Å²) in [5.74, 6) is 0.156. The van der Waals surface area contributed by atoms with Crippen LogP contribution in [0.2, 0.25) is 0 Å². The largest absolute Gasteiger partial charge is 0.351 e. The zero-order valence-electron chi connectivity index (χ0n) is 12.6. The first-order chi connectivity index (χ1) is 8.83. The second-order valence-corrected chi connectivity index (χ2v) is 6.14. The van der Waals surface area contributed by atoms with Crippen molar-refractivity contribution in [3.05, 3.63) is 0 Å². The maximum absolute atomic E-state index is 11.9. The Kier molecular flexibility index (Phi) is 5.79. The van der Waals surface area contributed by atoms with Crippen molar-refractivity contribution in [2.45, 2.75) is 58.5 Å². The van der Waals surface area contributed by atoms with Crippen LogP contribution in [0.1, 0.15) is 47.0 Å². The molecule has 0 radical (unpaired) electrons. The van der Waals surface area contributed by atoms with E-state index in [1.54, 1.807) is 0 Å². The van der Waals surface area contributed by atoms with Crippen molar-refractivity contribution in [1.29, 1.82) is 0 Å². The van der Waals surface area contributed by atoms with Crippen molar-refractivity contribution in [2.75, 3.05) is 19.6 Å². The third-order valence-electron chi connectivity index (χ3n) is 2.97. The fourth-order valence-corrected chi connectivity index (χ4v) is 2.00. The van der Waals surface area contributed by atoms with Gasteiger partial charge in [0, 0.05) is 31.1 Å². The third-order valence-corrected chi connectivity index (χ3v) is 2.97. The number of likely N-dealkylation sites (N-methyl/N-ethyl adjacent to an activating group) is 1. The Morgan fingerprint density at radius 3 is 2.37 bits per heavy atom. The van der Waals surface area contributed by atoms with E-state index < -0.39 is 0 Å². The molecular formula is C14H27N3O2. The number of rotatable bonds is 7. The number of nitrogens with zero attached hydrogens (tertiary/aromatic N) is 1. The molecule has 0 unspecified atom stereocenters. The third kappa shape index (κ3) is 6.57. The number of hydrogen-bond donors (Lipinski definition) is 2. The molecule has 19 heavy (non-hydrogen) atoms. The van der Waals surface area contributed by atoms with E-state index in [0.29, 0.717) is 25.6 Å². The van der Waals surface area contributed by atoms with Gasteiger partial charge in [-0.25, -0.2) is 0 Å². The lowest BCUT2D eigenvalue weighted by atomic mass is 10.1. The van der Waals surface area contributed by atoms with Crippen molar-refractivity contribution in [3.8, 4) is 0 Å². The molecule has 0 aromatic heterocycles. The molecule has 1 saturated carbocycles. The van der Waals surface area contributed by atoms with Crippen LogP contribution in [-0.2, 0) is 9.59 Å². The van der Waals surface area contributed by atoms with Gasteiger partial charge in [0.25, 0.3) is 0 Å². The highest BCUT2D eigenvalue weighted by Crippen LogP contribution is 2.26. The molecular weight excluding hydrogens is 242 g/mol. The van der Waals surface area contributed by atoms with Crippen molar-refractivity contribution in [3.63, 3.8) is 0 Å². The van der Waals surface area contributed by atoms with Gasteiger partial charge >= 0.3 is 0 Å². The first-order valence-corrected chi connectivity index (χ1v) is 7.14. The normalized spacial score (nSPS) is 15.2. The van der Waals surface area contributed by atoms with Crippen LogP contribution in [0.15, 0.2) is 0 Å². The van der Waals surface area contributed by atoms with E-state index >= 15 is 0 Å². The Bertz CT molecular complexity index is 319. The molecule has 1 fully saturated rings. The molecule has 0 heterocycles. The number of hydrogen-bond acceptors (Lipinski definition) is 3. The van der Waals surface area contributed by atoms with Crippen LogP contribution >= 0.6 is 0 Å². The Hall–Kier alpha value is -1.10. The summed E-state index contributed by atoms with van der Waals surface area (Å²) in [5, 5.41) is 5.94. The number of carbonyl (C=O) groups excluding carboxylic acids is 2. The Balaban J connectivity index is 2.13. The molecule has 110 valence electrons. The summed E-state index contributed by atoms with van der Waals surface area (Å²) in [6.07, 6.45) is 2.67. The van der Waals surface area contributed by atoms with Crippen LogP contribution in [0.5, 0.6) is 0 Å². The maximum atomic E-state index is 11.9. The van der Waals surface area contributed by atoms with Gasteiger partial charge in [0.2, 0.25) is 11.8 Å². The van der Waals surface area contributed by atoms with Crippen LogP contribution in [0.4, 0.5) is 0 Å². The topological polar surface area (TPSA) is 61.4 Å². The molecule has 1 rings (SSSR count). The van der Waals surface area contributed by atoms with E-state index in [0.717, 1.165) is 19.4 Å². The minimum atomic E-state index is -0.197. The van der Waals surface area contributed by atoms with Crippen molar-refractivity contribution in [1.82, 2.24) is 15.5 Å². The van der Waals surface area contributed by atoms with E-state index in [1.165, 1.54) is 0 Å². The van der Waals surface area contributed by atoms with Gasteiger partial charge in [-0.3, -0.25) is 9.59 Å². The van der Waals surface area contributed by atoms with Crippen molar-refractivity contribution in [2.24, 2.45) is 0 Å². The lowest BCUT2D eigenvalue weighted by Gasteiger charge is -2.21. The molecule has 0 aromatic carbocycles. The zero-order valence-corrected chi connectivity index (χ0v) is 12.6. The average molecular weight is 269 g/mol. The van der Waals surface area contributed by atoms with Gasteiger partial charge in [0.05, 0.1) is 6.54 Å². The van der Waals surface area contributed by atoms with Crippen LogP contribution in [0.25, 0.3) is 0 Å². The van der Waals surface area contributed by atoms with E-state index in [4.69, 9.17) is 0 Å². The lowest BCUT2D eigenvalue weighted by molar-refractivity contribution is -0.131. The smallest absolute Gasteiger partial charge is 0.236 e. The van der Waals surface area contributed by atoms with E-state index in [9.17, 15) is 9.59 Å². The Morgan fingerprint density at radius 1 is 1.26 bits per heavy atom. The molecule has 2 amide bonds. The van der Waals surface area contributed by atoms with Gasteiger partial charge in [-0.2, -0.15) is 0 Å².